The lowest BCUT2D eigenvalue weighted by Gasteiger charge is -2.03. The zero-order valence-corrected chi connectivity index (χ0v) is 7.55. The second-order valence-corrected chi connectivity index (χ2v) is 3.00. The van der Waals surface area contributed by atoms with E-state index in [9.17, 15) is 9.18 Å². The summed E-state index contributed by atoms with van der Waals surface area (Å²) in [6.07, 6.45) is 2.97. The van der Waals surface area contributed by atoms with Gasteiger partial charge < -0.3 is 5.11 Å². The molecule has 0 amide bonds. The Kier molecular flexibility index (Phi) is 6.72. The van der Waals surface area contributed by atoms with Gasteiger partial charge in [0.25, 0.3) is 0 Å². The Morgan fingerprint density at radius 3 is 2.58 bits per heavy atom. The molecule has 0 radical (unpaired) electrons. The van der Waals surface area contributed by atoms with E-state index < -0.39 is 12.1 Å². The highest BCUT2D eigenvalue weighted by molar-refractivity contribution is 5.66. The molecule has 0 saturated heterocycles. The Labute approximate surface area is 72.8 Å². The molecule has 2 nitrogen and oxygen atoms in total. The molecule has 0 fully saturated rings. The van der Waals surface area contributed by atoms with Crippen LogP contribution >= 0.6 is 0 Å². The van der Waals surface area contributed by atoms with Crippen LogP contribution < -0.4 is 0 Å². The van der Waals surface area contributed by atoms with Gasteiger partial charge >= 0.3 is 5.97 Å². The van der Waals surface area contributed by atoms with Gasteiger partial charge in [-0.15, -0.1) is 0 Å². The first-order valence-corrected chi connectivity index (χ1v) is 4.52. The number of carbonyl (C=O) groups is 1. The Morgan fingerprint density at radius 2 is 2.08 bits per heavy atom. The molecule has 0 aliphatic carbocycles. The van der Waals surface area contributed by atoms with E-state index in [4.69, 9.17) is 5.11 Å². The summed E-state index contributed by atoms with van der Waals surface area (Å²) >= 11 is 0. The molecule has 72 valence electrons. The van der Waals surface area contributed by atoms with Crippen molar-refractivity contribution in [3.05, 3.63) is 0 Å². The van der Waals surface area contributed by atoms with Crippen LogP contribution in [0.15, 0.2) is 0 Å². The monoisotopic (exact) mass is 176 g/mol. The minimum absolute atomic E-state index is 0.211. The highest BCUT2D eigenvalue weighted by Crippen LogP contribution is 2.10. The molecule has 0 aromatic heterocycles. The van der Waals surface area contributed by atoms with E-state index in [-0.39, 0.29) is 6.42 Å². The van der Waals surface area contributed by atoms with Crippen molar-refractivity contribution in [3.8, 4) is 0 Å². The highest BCUT2D eigenvalue weighted by atomic mass is 19.1. The molecular weight excluding hydrogens is 159 g/mol. The molecule has 1 N–H and O–H groups in total. The molecule has 0 aliphatic rings. The summed E-state index contributed by atoms with van der Waals surface area (Å²) in [4.78, 5) is 10.1. The Bertz CT molecular complexity index is 126. The SMILES string of the molecule is CCC(F)CCCCCC(=O)O. The maximum Gasteiger partial charge on any atom is 0.303 e. The molecule has 0 aliphatic heterocycles. The van der Waals surface area contributed by atoms with Crippen LogP contribution in [0.2, 0.25) is 0 Å². The molecule has 0 rings (SSSR count). The topological polar surface area (TPSA) is 37.3 Å². The zero-order chi connectivity index (χ0) is 9.40. The molecule has 1 atom stereocenters. The Balaban J connectivity index is 3.05. The number of hydrogen-bond donors (Lipinski definition) is 1. The van der Waals surface area contributed by atoms with E-state index >= 15 is 0 Å². The van der Waals surface area contributed by atoms with Gasteiger partial charge in [0.1, 0.15) is 0 Å². The lowest BCUT2D eigenvalue weighted by atomic mass is 10.1. The maximum absolute atomic E-state index is 12.6. The maximum atomic E-state index is 12.6. The van der Waals surface area contributed by atoms with Crippen LogP contribution in [0.4, 0.5) is 4.39 Å². The number of aliphatic carboxylic acids is 1. The summed E-state index contributed by atoms with van der Waals surface area (Å²) in [6, 6.07) is 0. The normalized spacial score (nSPS) is 12.8. The molecule has 0 saturated carbocycles. The fourth-order valence-corrected chi connectivity index (χ4v) is 1.02. The lowest BCUT2D eigenvalue weighted by Crippen LogP contribution is -1.98. The van der Waals surface area contributed by atoms with Crippen molar-refractivity contribution < 1.29 is 14.3 Å². The molecule has 0 heterocycles. The van der Waals surface area contributed by atoms with E-state index in [2.05, 4.69) is 0 Å². The highest BCUT2D eigenvalue weighted by Gasteiger charge is 2.02. The van der Waals surface area contributed by atoms with Gasteiger partial charge in [-0.3, -0.25) is 4.79 Å². The summed E-state index contributed by atoms with van der Waals surface area (Å²) in [5.74, 6) is -0.762. The van der Waals surface area contributed by atoms with Crippen LogP contribution in [0.5, 0.6) is 0 Å². The van der Waals surface area contributed by atoms with Crippen LogP contribution in [0.1, 0.15) is 45.4 Å². The first-order chi connectivity index (χ1) is 5.66. The number of carboxylic acid groups (broad SMARTS) is 1. The van der Waals surface area contributed by atoms with E-state index in [1.165, 1.54) is 0 Å². The second-order valence-electron chi connectivity index (χ2n) is 3.00. The molecule has 0 aromatic carbocycles. The van der Waals surface area contributed by atoms with Crippen molar-refractivity contribution >= 4 is 5.97 Å². The minimum Gasteiger partial charge on any atom is -0.481 e. The summed E-state index contributed by atoms with van der Waals surface area (Å²) < 4.78 is 12.6. The molecule has 0 aromatic rings. The molecule has 12 heavy (non-hydrogen) atoms. The first-order valence-electron chi connectivity index (χ1n) is 4.52. The fraction of sp³-hybridized carbons (Fsp3) is 0.889. The molecule has 1 unspecified atom stereocenters. The zero-order valence-electron chi connectivity index (χ0n) is 7.55. The van der Waals surface area contributed by atoms with E-state index in [1.54, 1.807) is 0 Å². The van der Waals surface area contributed by atoms with Gasteiger partial charge in [0.05, 0.1) is 6.17 Å². The predicted molar refractivity (Wildman–Crippen MR) is 45.9 cm³/mol. The van der Waals surface area contributed by atoms with Crippen molar-refractivity contribution in [3.63, 3.8) is 0 Å². The molecule has 0 bridgehead atoms. The van der Waals surface area contributed by atoms with Crippen molar-refractivity contribution in [2.24, 2.45) is 0 Å². The standard InChI is InChI=1S/C9H17FO2/c1-2-8(10)6-4-3-5-7-9(11)12/h8H,2-7H2,1H3,(H,11,12). The van der Waals surface area contributed by atoms with Crippen molar-refractivity contribution in [1.82, 2.24) is 0 Å². The minimum atomic E-state index is -0.762. The number of rotatable bonds is 7. The summed E-state index contributed by atoms with van der Waals surface area (Å²) in [5.41, 5.74) is 0. The third kappa shape index (κ3) is 7.51. The largest absolute Gasteiger partial charge is 0.481 e. The van der Waals surface area contributed by atoms with Gasteiger partial charge in [0.15, 0.2) is 0 Å². The number of unbranched alkanes of at least 4 members (excludes halogenated alkanes) is 2. The van der Waals surface area contributed by atoms with E-state index in [1.807, 2.05) is 6.92 Å². The Morgan fingerprint density at radius 1 is 1.42 bits per heavy atom. The summed E-state index contributed by atoms with van der Waals surface area (Å²) in [5, 5.41) is 8.29. The second kappa shape index (κ2) is 7.07. The Hall–Kier alpha value is -0.600. The number of hydrogen-bond acceptors (Lipinski definition) is 1. The lowest BCUT2D eigenvalue weighted by molar-refractivity contribution is -0.137. The summed E-state index contributed by atoms with van der Waals surface area (Å²) in [7, 11) is 0. The molecular formula is C9H17FO2. The quantitative estimate of drug-likeness (QED) is 0.605. The third-order valence-corrected chi connectivity index (χ3v) is 1.85. The fourth-order valence-electron chi connectivity index (χ4n) is 1.02. The van der Waals surface area contributed by atoms with Gasteiger partial charge in [-0.25, -0.2) is 4.39 Å². The molecule has 0 spiro atoms. The van der Waals surface area contributed by atoms with Gasteiger partial charge in [-0.1, -0.05) is 19.8 Å². The van der Waals surface area contributed by atoms with Gasteiger partial charge in [0.2, 0.25) is 0 Å². The van der Waals surface area contributed by atoms with Crippen LogP contribution in [0.3, 0.4) is 0 Å². The van der Waals surface area contributed by atoms with Crippen molar-refractivity contribution in [2.45, 2.75) is 51.6 Å². The molecule has 3 heteroatoms. The number of carboxylic acids is 1. The average molecular weight is 176 g/mol. The number of halogens is 1. The first kappa shape index (κ1) is 11.4. The van der Waals surface area contributed by atoms with Crippen LogP contribution in [-0.4, -0.2) is 17.2 Å². The average Bonchev–Trinajstić information content (AvgIpc) is 2.03. The van der Waals surface area contributed by atoms with Gasteiger partial charge in [-0.2, -0.15) is 0 Å². The predicted octanol–water partition coefficient (Wildman–Crippen LogP) is 2.77. The van der Waals surface area contributed by atoms with Crippen molar-refractivity contribution in [2.75, 3.05) is 0 Å². The van der Waals surface area contributed by atoms with E-state index in [0.717, 1.165) is 12.8 Å². The number of alkyl halides is 1. The third-order valence-electron chi connectivity index (χ3n) is 1.85. The van der Waals surface area contributed by atoms with Crippen molar-refractivity contribution in [1.29, 1.82) is 0 Å². The van der Waals surface area contributed by atoms with Gasteiger partial charge in [0, 0.05) is 6.42 Å². The van der Waals surface area contributed by atoms with Crippen LogP contribution in [0, 0.1) is 0 Å². The van der Waals surface area contributed by atoms with Crippen LogP contribution in [-0.2, 0) is 4.79 Å². The van der Waals surface area contributed by atoms with E-state index in [0.29, 0.717) is 19.3 Å². The smallest absolute Gasteiger partial charge is 0.303 e. The summed E-state index contributed by atoms with van der Waals surface area (Å²) in [6.45, 7) is 1.82. The van der Waals surface area contributed by atoms with Gasteiger partial charge in [-0.05, 0) is 19.3 Å². The van der Waals surface area contributed by atoms with Crippen LogP contribution in [0.25, 0.3) is 0 Å².